The van der Waals surface area contributed by atoms with Gasteiger partial charge in [-0.15, -0.1) is 0 Å². The predicted octanol–water partition coefficient (Wildman–Crippen LogP) is 3.95. The zero-order chi connectivity index (χ0) is 24.7. The Kier molecular flexibility index (Phi) is 5.94. The van der Waals surface area contributed by atoms with Gasteiger partial charge in [0, 0.05) is 17.0 Å². The number of aromatic nitrogens is 2. The van der Waals surface area contributed by atoms with Crippen molar-refractivity contribution in [2.45, 2.75) is 24.9 Å². The normalized spacial score (nSPS) is 15.1. The highest BCUT2D eigenvalue weighted by molar-refractivity contribution is 7.93. The van der Waals surface area contributed by atoms with E-state index in [1.807, 2.05) is 0 Å². The van der Waals surface area contributed by atoms with Gasteiger partial charge in [0.25, 0.3) is 15.9 Å². The van der Waals surface area contributed by atoms with Crippen LogP contribution in [0.2, 0.25) is 0 Å². The van der Waals surface area contributed by atoms with Crippen LogP contribution in [0.15, 0.2) is 53.6 Å². The summed E-state index contributed by atoms with van der Waals surface area (Å²) >= 11 is 0. The number of pyridine rings is 2. The summed E-state index contributed by atoms with van der Waals surface area (Å²) in [6.45, 7) is 3.28. The first-order valence-electron chi connectivity index (χ1n) is 10.0. The summed E-state index contributed by atoms with van der Waals surface area (Å²) in [4.78, 5) is 20.6. The number of benzene rings is 1. The lowest BCUT2D eigenvalue weighted by atomic mass is 10.2. The second-order valence-electron chi connectivity index (χ2n) is 7.59. The number of amides is 1. The van der Waals surface area contributed by atoms with E-state index in [0.29, 0.717) is 17.0 Å². The van der Waals surface area contributed by atoms with E-state index in [2.05, 4.69) is 15.3 Å². The molecule has 34 heavy (non-hydrogen) atoms. The van der Waals surface area contributed by atoms with Crippen LogP contribution in [-0.4, -0.2) is 37.4 Å². The average Bonchev–Trinajstić information content (AvgIpc) is 2.88. The Morgan fingerprint density at radius 3 is 2.35 bits per heavy atom. The SMILES string of the molecule is Cc1cc(C(=O)Nc2cnc3c(c2)S(=O)(=O)N(c2ccc(C(F)(F)F)cc2)CCO3)cc(C)n1. The van der Waals surface area contributed by atoms with E-state index >= 15 is 0 Å². The fraction of sp³-hybridized carbons (Fsp3) is 0.227. The molecule has 8 nitrogen and oxygen atoms in total. The number of rotatable bonds is 3. The molecule has 178 valence electrons. The summed E-state index contributed by atoms with van der Waals surface area (Å²) in [6.07, 6.45) is -3.28. The smallest absolute Gasteiger partial charge is 0.416 e. The fourth-order valence-corrected chi connectivity index (χ4v) is 5.07. The number of halogens is 3. The van der Waals surface area contributed by atoms with Gasteiger partial charge < -0.3 is 10.1 Å². The second kappa shape index (κ2) is 8.60. The molecule has 1 aliphatic heterocycles. The summed E-state index contributed by atoms with van der Waals surface area (Å²) in [5.74, 6) is -0.648. The number of fused-ring (bicyclic) bond motifs is 1. The van der Waals surface area contributed by atoms with Crippen LogP contribution in [0.25, 0.3) is 0 Å². The molecule has 0 unspecified atom stereocenters. The van der Waals surface area contributed by atoms with Crippen molar-refractivity contribution in [1.29, 1.82) is 0 Å². The molecule has 0 aliphatic carbocycles. The number of nitrogens with one attached hydrogen (secondary N) is 1. The van der Waals surface area contributed by atoms with Crippen LogP contribution in [0.5, 0.6) is 5.88 Å². The van der Waals surface area contributed by atoms with Crippen LogP contribution in [0, 0.1) is 13.8 Å². The first-order chi connectivity index (χ1) is 15.9. The molecule has 3 heterocycles. The van der Waals surface area contributed by atoms with Gasteiger partial charge in [-0.05, 0) is 56.3 Å². The van der Waals surface area contributed by atoms with Crippen molar-refractivity contribution in [3.05, 3.63) is 71.2 Å². The summed E-state index contributed by atoms with van der Waals surface area (Å²) in [6, 6.07) is 8.17. The molecule has 1 N–H and O–H groups in total. The molecule has 2 aromatic heterocycles. The highest BCUT2D eigenvalue weighted by atomic mass is 32.2. The maximum Gasteiger partial charge on any atom is 0.416 e. The molecule has 1 amide bonds. The Morgan fingerprint density at radius 1 is 1.09 bits per heavy atom. The molecule has 0 saturated heterocycles. The standard InChI is InChI=1S/C22H19F3N4O4S/c1-13-9-15(10-14(2)27-13)20(30)28-17-11-19-21(26-12-17)33-8-7-29(34(19,31)32)18-5-3-16(4-6-18)22(23,24)25/h3-6,9-12H,7-8H2,1-2H3,(H,28,30). The van der Waals surface area contributed by atoms with E-state index < -0.39 is 27.7 Å². The van der Waals surface area contributed by atoms with Gasteiger partial charge in [-0.1, -0.05) is 0 Å². The van der Waals surface area contributed by atoms with Crippen LogP contribution < -0.4 is 14.4 Å². The predicted molar refractivity (Wildman–Crippen MR) is 117 cm³/mol. The Morgan fingerprint density at radius 2 is 1.74 bits per heavy atom. The average molecular weight is 492 g/mol. The fourth-order valence-electron chi connectivity index (χ4n) is 3.51. The highest BCUT2D eigenvalue weighted by Gasteiger charge is 2.34. The van der Waals surface area contributed by atoms with Gasteiger partial charge in [-0.25, -0.2) is 13.4 Å². The number of hydrogen-bond donors (Lipinski definition) is 1. The number of alkyl halides is 3. The van der Waals surface area contributed by atoms with Crippen LogP contribution in [0.3, 0.4) is 0 Å². The van der Waals surface area contributed by atoms with E-state index in [0.717, 1.165) is 28.6 Å². The van der Waals surface area contributed by atoms with Gasteiger partial charge >= 0.3 is 6.18 Å². The quantitative estimate of drug-likeness (QED) is 0.594. The number of hydrogen-bond acceptors (Lipinski definition) is 6. The van der Waals surface area contributed by atoms with Crippen LogP contribution in [-0.2, 0) is 16.2 Å². The van der Waals surface area contributed by atoms with Gasteiger partial charge in [-0.2, -0.15) is 13.2 Å². The van der Waals surface area contributed by atoms with E-state index in [4.69, 9.17) is 4.74 Å². The zero-order valence-corrected chi connectivity index (χ0v) is 18.9. The van der Waals surface area contributed by atoms with Crippen molar-refractivity contribution < 1.29 is 31.1 Å². The summed E-state index contributed by atoms with van der Waals surface area (Å²) in [5, 5.41) is 2.61. The molecular weight excluding hydrogens is 473 g/mol. The lowest BCUT2D eigenvalue weighted by Gasteiger charge is -2.22. The molecule has 0 saturated carbocycles. The molecule has 0 fully saturated rings. The molecule has 0 spiro atoms. The van der Waals surface area contributed by atoms with Gasteiger partial charge in [0.05, 0.1) is 29.7 Å². The topological polar surface area (TPSA) is 101 Å². The van der Waals surface area contributed by atoms with E-state index in [9.17, 15) is 26.4 Å². The van der Waals surface area contributed by atoms with Crippen LogP contribution >= 0.6 is 0 Å². The zero-order valence-electron chi connectivity index (χ0n) is 18.0. The Hall–Kier alpha value is -3.67. The van der Waals surface area contributed by atoms with Gasteiger partial charge in [0.2, 0.25) is 5.88 Å². The minimum atomic E-state index is -4.55. The summed E-state index contributed by atoms with van der Waals surface area (Å²) < 4.78 is 71.8. The van der Waals surface area contributed by atoms with Crippen molar-refractivity contribution in [3.8, 4) is 5.88 Å². The van der Waals surface area contributed by atoms with Crippen LogP contribution in [0.4, 0.5) is 24.5 Å². The summed E-state index contributed by atoms with van der Waals surface area (Å²) in [7, 11) is -4.25. The minimum absolute atomic E-state index is 0.0432. The molecule has 0 radical (unpaired) electrons. The van der Waals surface area contributed by atoms with Gasteiger partial charge in [-0.3, -0.25) is 14.1 Å². The first kappa shape index (κ1) is 23.5. The molecule has 1 aliphatic rings. The lowest BCUT2D eigenvalue weighted by molar-refractivity contribution is -0.137. The lowest BCUT2D eigenvalue weighted by Crippen LogP contribution is -2.32. The number of ether oxygens (including phenoxy) is 1. The Balaban J connectivity index is 1.66. The number of carbonyl (C=O) groups is 1. The molecule has 0 bridgehead atoms. The van der Waals surface area contributed by atoms with Crippen LogP contribution in [0.1, 0.15) is 27.3 Å². The maximum atomic E-state index is 13.4. The van der Waals surface area contributed by atoms with Crippen molar-refractivity contribution in [3.63, 3.8) is 0 Å². The molecule has 12 heteroatoms. The third-order valence-electron chi connectivity index (χ3n) is 5.00. The van der Waals surface area contributed by atoms with Crippen molar-refractivity contribution in [1.82, 2.24) is 9.97 Å². The molecule has 4 rings (SSSR count). The number of aryl methyl sites for hydroxylation is 2. The van der Waals surface area contributed by atoms with E-state index in [1.54, 1.807) is 26.0 Å². The third kappa shape index (κ3) is 4.67. The van der Waals surface area contributed by atoms with Crippen molar-refractivity contribution in [2.24, 2.45) is 0 Å². The highest BCUT2D eigenvalue weighted by Crippen LogP contribution is 2.35. The number of sulfonamides is 1. The number of nitrogens with zero attached hydrogens (tertiary/aromatic N) is 3. The van der Waals surface area contributed by atoms with Gasteiger partial charge in [0.1, 0.15) is 6.61 Å². The largest absolute Gasteiger partial charge is 0.475 e. The molecule has 1 aromatic carbocycles. The number of carbonyl (C=O) groups excluding carboxylic acids is 1. The molecular formula is C22H19F3N4O4S. The van der Waals surface area contributed by atoms with E-state index in [1.165, 1.54) is 12.3 Å². The summed E-state index contributed by atoms with van der Waals surface area (Å²) in [5.41, 5.74) is 0.888. The second-order valence-corrected chi connectivity index (χ2v) is 9.42. The molecule has 0 atom stereocenters. The Bertz CT molecular complexity index is 1340. The minimum Gasteiger partial charge on any atom is -0.475 e. The van der Waals surface area contributed by atoms with Gasteiger partial charge in [0.15, 0.2) is 4.90 Å². The third-order valence-corrected chi connectivity index (χ3v) is 6.83. The van der Waals surface area contributed by atoms with Crippen molar-refractivity contribution >= 4 is 27.3 Å². The monoisotopic (exact) mass is 492 g/mol. The number of anilines is 2. The molecule has 3 aromatic rings. The Labute approximate surface area is 193 Å². The van der Waals surface area contributed by atoms with E-state index in [-0.39, 0.29) is 35.3 Å². The maximum absolute atomic E-state index is 13.4. The first-order valence-corrected chi connectivity index (χ1v) is 11.5. The van der Waals surface area contributed by atoms with Crippen molar-refractivity contribution in [2.75, 3.05) is 22.8 Å².